The number of hydrogen-bond donors (Lipinski definition) is 1. The standard InChI is InChI=1S/C13H12ClFN2O3.C5H11ClO3/c14-5-11-16-12-9(15)3-7(13(18)19)4-10(12)17(11)6-8-1-2-20-8;1-7-5(4-6,8-2)9-3/h3-4,8H,1-2,5-6H2,(H,18,19);4H2,1-3H3. The quantitative estimate of drug-likeness (QED) is 0.485. The second kappa shape index (κ2) is 10.5. The number of carboxylic acid groups (broad SMARTS) is 1. The molecule has 8 nitrogen and oxygen atoms in total. The number of carbonyl (C=O) groups is 1. The molecule has 3 rings (SSSR count). The zero-order chi connectivity index (χ0) is 21.6. The van der Waals surface area contributed by atoms with Crippen molar-refractivity contribution in [3.05, 3.63) is 29.3 Å². The van der Waals surface area contributed by atoms with Crippen LogP contribution in [-0.2, 0) is 31.4 Å². The molecule has 0 radical (unpaired) electrons. The van der Waals surface area contributed by atoms with Crippen LogP contribution in [0.3, 0.4) is 0 Å². The van der Waals surface area contributed by atoms with Gasteiger partial charge in [0.15, 0.2) is 5.82 Å². The first-order valence-corrected chi connectivity index (χ1v) is 9.72. The second-order valence-corrected chi connectivity index (χ2v) is 6.65. The van der Waals surface area contributed by atoms with Gasteiger partial charge in [0.05, 0.1) is 29.6 Å². The lowest BCUT2D eigenvalue weighted by Crippen LogP contribution is -2.37. The van der Waals surface area contributed by atoms with Crippen LogP contribution in [0.15, 0.2) is 12.1 Å². The molecule has 29 heavy (non-hydrogen) atoms. The molecule has 0 bridgehead atoms. The van der Waals surface area contributed by atoms with Crippen LogP contribution in [0.25, 0.3) is 11.0 Å². The molecule has 1 aromatic carbocycles. The van der Waals surface area contributed by atoms with Gasteiger partial charge in [0, 0.05) is 27.9 Å². The van der Waals surface area contributed by atoms with Crippen molar-refractivity contribution in [3.63, 3.8) is 0 Å². The number of aromatic nitrogens is 2. The van der Waals surface area contributed by atoms with Crippen LogP contribution in [0.4, 0.5) is 4.39 Å². The summed E-state index contributed by atoms with van der Waals surface area (Å²) in [6.07, 6.45) is 0.966. The SMILES string of the molecule is COC(CCl)(OC)OC.O=C(O)c1cc(F)c2nc(CCl)n(CC3CCO3)c2c1. The monoisotopic (exact) mass is 452 g/mol. The van der Waals surface area contributed by atoms with Crippen LogP contribution in [-0.4, -0.2) is 66.5 Å². The van der Waals surface area contributed by atoms with E-state index in [1.165, 1.54) is 27.4 Å². The number of ether oxygens (including phenoxy) is 4. The Hall–Kier alpha value is -1.49. The highest BCUT2D eigenvalue weighted by atomic mass is 35.5. The number of carboxylic acids is 1. The summed E-state index contributed by atoms with van der Waals surface area (Å²) in [6.45, 7) is 1.21. The van der Waals surface area contributed by atoms with Gasteiger partial charge in [-0.3, -0.25) is 0 Å². The fourth-order valence-corrected chi connectivity index (χ4v) is 3.24. The summed E-state index contributed by atoms with van der Waals surface area (Å²) < 4.78 is 35.5. The van der Waals surface area contributed by atoms with Crippen LogP contribution in [0.5, 0.6) is 0 Å². The minimum atomic E-state index is -1.18. The summed E-state index contributed by atoms with van der Waals surface area (Å²) >= 11 is 11.3. The van der Waals surface area contributed by atoms with E-state index in [0.717, 1.165) is 12.5 Å². The summed E-state index contributed by atoms with van der Waals surface area (Å²) in [4.78, 5) is 15.2. The average Bonchev–Trinajstić information content (AvgIpc) is 3.05. The minimum Gasteiger partial charge on any atom is -0.478 e. The third-order valence-electron chi connectivity index (χ3n) is 4.53. The number of fused-ring (bicyclic) bond motifs is 1. The number of aromatic carboxylic acids is 1. The van der Waals surface area contributed by atoms with Crippen molar-refractivity contribution in [2.75, 3.05) is 33.8 Å². The van der Waals surface area contributed by atoms with Gasteiger partial charge in [-0.1, -0.05) is 0 Å². The lowest BCUT2D eigenvalue weighted by molar-refractivity contribution is -0.337. The minimum absolute atomic E-state index is 0.0471. The van der Waals surface area contributed by atoms with Gasteiger partial charge in [-0.15, -0.1) is 23.2 Å². The average molecular weight is 453 g/mol. The molecule has 2 heterocycles. The van der Waals surface area contributed by atoms with Crippen LogP contribution < -0.4 is 0 Å². The molecule has 162 valence electrons. The van der Waals surface area contributed by atoms with Gasteiger partial charge >= 0.3 is 5.97 Å². The molecule has 0 aliphatic carbocycles. The zero-order valence-corrected chi connectivity index (χ0v) is 17.8. The first kappa shape index (κ1) is 23.8. The molecule has 2 aromatic rings. The van der Waals surface area contributed by atoms with Crippen LogP contribution in [0, 0.1) is 5.82 Å². The summed E-state index contributed by atoms with van der Waals surface area (Å²) in [5, 5.41) is 9.02. The largest absolute Gasteiger partial charge is 0.478 e. The van der Waals surface area contributed by atoms with Crippen molar-refractivity contribution < 1.29 is 33.2 Å². The first-order chi connectivity index (χ1) is 13.8. The van der Waals surface area contributed by atoms with E-state index in [-0.39, 0.29) is 28.9 Å². The molecule has 1 aliphatic heterocycles. The Morgan fingerprint density at radius 2 is 1.97 bits per heavy atom. The van der Waals surface area contributed by atoms with E-state index in [4.69, 9.17) is 47.3 Å². The van der Waals surface area contributed by atoms with E-state index >= 15 is 0 Å². The lowest BCUT2D eigenvalue weighted by atomic mass is 10.1. The van der Waals surface area contributed by atoms with Gasteiger partial charge in [0.1, 0.15) is 17.2 Å². The van der Waals surface area contributed by atoms with Crippen molar-refractivity contribution in [1.82, 2.24) is 9.55 Å². The van der Waals surface area contributed by atoms with E-state index in [1.807, 2.05) is 0 Å². The fraction of sp³-hybridized carbons (Fsp3) is 0.556. The number of methoxy groups -OCH3 is 3. The van der Waals surface area contributed by atoms with Crippen LogP contribution in [0.1, 0.15) is 22.6 Å². The topological polar surface area (TPSA) is 92.0 Å². The smallest absolute Gasteiger partial charge is 0.335 e. The number of halogens is 3. The summed E-state index contributed by atoms with van der Waals surface area (Å²) in [5.74, 6) is -2.11. The summed E-state index contributed by atoms with van der Waals surface area (Å²) in [7, 11) is 4.40. The Kier molecular flexibility index (Phi) is 8.62. The number of rotatable bonds is 8. The Labute approximate surface area is 177 Å². The summed E-state index contributed by atoms with van der Waals surface area (Å²) in [5.41, 5.74) is 0.477. The Balaban J connectivity index is 0.000000284. The highest BCUT2D eigenvalue weighted by molar-refractivity contribution is 6.18. The Morgan fingerprint density at radius 3 is 2.34 bits per heavy atom. The number of hydrogen-bond acceptors (Lipinski definition) is 6. The molecular formula is C18H23Cl2FN2O6. The van der Waals surface area contributed by atoms with Crippen molar-refractivity contribution in [2.45, 2.75) is 30.9 Å². The Morgan fingerprint density at radius 1 is 1.34 bits per heavy atom. The number of nitrogens with zero attached hydrogens (tertiary/aromatic N) is 2. The predicted octanol–water partition coefficient (Wildman–Crippen LogP) is 3.22. The van der Waals surface area contributed by atoms with Gasteiger partial charge < -0.3 is 28.6 Å². The van der Waals surface area contributed by atoms with Gasteiger partial charge in [-0.25, -0.2) is 14.2 Å². The van der Waals surface area contributed by atoms with Crippen molar-refractivity contribution >= 4 is 40.2 Å². The molecule has 1 atom stereocenters. The van der Waals surface area contributed by atoms with Crippen molar-refractivity contribution in [2.24, 2.45) is 0 Å². The molecule has 1 aromatic heterocycles. The van der Waals surface area contributed by atoms with E-state index in [1.54, 1.807) is 4.57 Å². The molecule has 11 heteroatoms. The van der Waals surface area contributed by atoms with E-state index in [9.17, 15) is 9.18 Å². The molecular weight excluding hydrogens is 430 g/mol. The van der Waals surface area contributed by atoms with Gasteiger partial charge in [0.25, 0.3) is 5.97 Å². The maximum Gasteiger partial charge on any atom is 0.335 e. The fourth-order valence-electron chi connectivity index (χ4n) is 2.70. The molecule has 1 saturated heterocycles. The number of benzene rings is 1. The van der Waals surface area contributed by atoms with Crippen LogP contribution in [0.2, 0.25) is 0 Å². The van der Waals surface area contributed by atoms with Gasteiger partial charge in [0.2, 0.25) is 0 Å². The molecule has 0 spiro atoms. The van der Waals surface area contributed by atoms with Crippen molar-refractivity contribution in [3.8, 4) is 0 Å². The third-order valence-corrected chi connectivity index (χ3v) is 5.10. The molecule has 1 aliphatic rings. The number of imidazole rings is 1. The van der Waals surface area contributed by atoms with Crippen LogP contribution >= 0.6 is 23.2 Å². The molecule has 1 fully saturated rings. The van der Waals surface area contributed by atoms with Gasteiger partial charge in [-0.05, 0) is 18.6 Å². The zero-order valence-electron chi connectivity index (χ0n) is 16.3. The molecule has 0 amide bonds. The maximum atomic E-state index is 14.0. The highest BCUT2D eigenvalue weighted by Crippen LogP contribution is 2.25. The predicted molar refractivity (Wildman–Crippen MR) is 105 cm³/mol. The van der Waals surface area contributed by atoms with Crippen molar-refractivity contribution in [1.29, 1.82) is 0 Å². The van der Waals surface area contributed by atoms with Gasteiger partial charge in [-0.2, -0.15) is 0 Å². The molecule has 1 N–H and O–H groups in total. The number of alkyl halides is 2. The summed E-state index contributed by atoms with van der Waals surface area (Å²) in [6, 6.07) is 2.39. The lowest BCUT2D eigenvalue weighted by Gasteiger charge is -2.27. The first-order valence-electron chi connectivity index (χ1n) is 8.65. The van der Waals surface area contributed by atoms with E-state index in [0.29, 0.717) is 24.5 Å². The third kappa shape index (κ3) is 5.36. The highest BCUT2D eigenvalue weighted by Gasteiger charge is 2.27. The maximum absolute atomic E-state index is 14.0. The Bertz CT molecular complexity index is 822. The molecule has 1 unspecified atom stereocenters. The van der Waals surface area contributed by atoms with E-state index in [2.05, 4.69) is 4.98 Å². The molecule has 0 saturated carbocycles. The van der Waals surface area contributed by atoms with E-state index < -0.39 is 17.8 Å². The normalized spacial score (nSPS) is 16.3. The second-order valence-electron chi connectivity index (χ2n) is 6.11.